The number of amides is 1. The number of hydrogen-bond acceptors (Lipinski definition) is 5. The Kier molecular flexibility index (Phi) is 6.56. The number of piperazine rings is 1. The molecule has 1 heterocycles. The summed E-state index contributed by atoms with van der Waals surface area (Å²) in [5.74, 6) is 0.353. The molecule has 2 aromatic rings. The normalized spacial score (nSPS) is 16.9. The number of carbonyl (C=O) groups excluding carboxylic acids is 1. The minimum atomic E-state index is -3.52. The van der Waals surface area contributed by atoms with Gasteiger partial charge in [-0.05, 0) is 56.8 Å². The molecule has 0 saturated carbocycles. The van der Waals surface area contributed by atoms with Gasteiger partial charge in [0.2, 0.25) is 10.0 Å². The van der Waals surface area contributed by atoms with Crippen molar-refractivity contribution < 1.29 is 17.9 Å². The first-order valence-electron chi connectivity index (χ1n) is 9.59. The molecule has 7 nitrogen and oxygen atoms in total. The van der Waals surface area contributed by atoms with Gasteiger partial charge in [-0.2, -0.15) is 4.31 Å². The van der Waals surface area contributed by atoms with Crippen LogP contribution in [0, 0.1) is 6.92 Å². The molecular weight excluding hydrogens is 390 g/mol. The van der Waals surface area contributed by atoms with E-state index >= 15 is 0 Å². The average Bonchev–Trinajstić information content (AvgIpc) is 2.70. The highest BCUT2D eigenvalue weighted by atomic mass is 32.2. The van der Waals surface area contributed by atoms with Crippen LogP contribution in [-0.4, -0.2) is 62.9 Å². The van der Waals surface area contributed by atoms with Crippen molar-refractivity contribution >= 4 is 21.6 Å². The lowest BCUT2D eigenvalue weighted by Crippen LogP contribution is -2.46. The SMILES string of the molecule is Cc1ccccc1OC(C)C(=O)Nc1ccc(S(=O)(=O)N2CCN(C)CC2)cc1. The lowest BCUT2D eigenvalue weighted by atomic mass is 10.2. The van der Waals surface area contributed by atoms with E-state index in [2.05, 4.69) is 10.2 Å². The van der Waals surface area contributed by atoms with E-state index in [1.807, 2.05) is 38.2 Å². The molecule has 1 saturated heterocycles. The Morgan fingerprint density at radius 3 is 2.28 bits per heavy atom. The minimum Gasteiger partial charge on any atom is -0.481 e. The van der Waals surface area contributed by atoms with Crippen LogP contribution in [0.15, 0.2) is 53.4 Å². The molecule has 2 aromatic carbocycles. The van der Waals surface area contributed by atoms with E-state index < -0.39 is 16.1 Å². The summed E-state index contributed by atoms with van der Waals surface area (Å²) in [6, 6.07) is 13.7. The van der Waals surface area contributed by atoms with Gasteiger partial charge in [-0.15, -0.1) is 0 Å². The summed E-state index contributed by atoms with van der Waals surface area (Å²) in [6.07, 6.45) is -0.690. The van der Waals surface area contributed by atoms with Crippen LogP contribution < -0.4 is 10.1 Å². The molecule has 8 heteroatoms. The highest BCUT2D eigenvalue weighted by Gasteiger charge is 2.27. The first-order valence-corrected chi connectivity index (χ1v) is 11.0. The summed E-state index contributed by atoms with van der Waals surface area (Å²) in [4.78, 5) is 14.7. The number of sulfonamides is 1. The van der Waals surface area contributed by atoms with E-state index in [1.165, 1.54) is 16.4 Å². The molecule has 0 aromatic heterocycles. The second-order valence-electron chi connectivity index (χ2n) is 7.25. The van der Waals surface area contributed by atoms with Gasteiger partial charge < -0.3 is 15.0 Å². The number of nitrogens with one attached hydrogen (secondary N) is 1. The summed E-state index contributed by atoms with van der Waals surface area (Å²) in [5, 5.41) is 2.77. The quantitative estimate of drug-likeness (QED) is 0.781. The number of rotatable bonds is 6. The summed E-state index contributed by atoms with van der Waals surface area (Å²) < 4.78 is 32.8. The Morgan fingerprint density at radius 1 is 1.03 bits per heavy atom. The van der Waals surface area contributed by atoms with Gasteiger partial charge in [-0.3, -0.25) is 4.79 Å². The number of carbonyl (C=O) groups is 1. The smallest absolute Gasteiger partial charge is 0.265 e. The van der Waals surface area contributed by atoms with Crippen molar-refractivity contribution in [1.82, 2.24) is 9.21 Å². The maximum atomic E-state index is 12.8. The predicted molar refractivity (Wildman–Crippen MR) is 113 cm³/mol. The van der Waals surface area contributed by atoms with Crippen molar-refractivity contribution in [3.63, 3.8) is 0 Å². The van der Waals surface area contributed by atoms with Crippen molar-refractivity contribution in [2.45, 2.75) is 24.8 Å². The number of anilines is 1. The van der Waals surface area contributed by atoms with Gasteiger partial charge in [-0.25, -0.2) is 8.42 Å². The van der Waals surface area contributed by atoms with Crippen LogP contribution in [0.2, 0.25) is 0 Å². The largest absolute Gasteiger partial charge is 0.481 e. The van der Waals surface area contributed by atoms with Crippen molar-refractivity contribution in [1.29, 1.82) is 0 Å². The molecule has 1 unspecified atom stereocenters. The molecule has 29 heavy (non-hydrogen) atoms. The zero-order chi connectivity index (χ0) is 21.0. The van der Waals surface area contributed by atoms with Gasteiger partial charge in [0.05, 0.1) is 4.90 Å². The van der Waals surface area contributed by atoms with Crippen molar-refractivity contribution in [2.24, 2.45) is 0 Å². The van der Waals surface area contributed by atoms with Gasteiger partial charge in [0.25, 0.3) is 5.91 Å². The molecule has 3 rings (SSSR count). The third-order valence-electron chi connectivity index (χ3n) is 4.99. The number of aryl methyl sites for hydroxylation is 1. The topological polar surface area (TPSA) is 78.9 Å². The monoisotopic (exact) mass is 417 g/mol. The summed E-state index contributed by atoms with van der Waals surface area (Å²) >= 11 is 0. The predicted octanol–water partition coefficient (Wildman–Crippen LogP) is 2.34. The van der Waals surface area contributed by atoms with Crippen molar-refractivity contribution in [2.75, 3.05) is 38.5 Å². The van der Waals surface area contributed by atoms with Crippen LogP contribution in [0.3, 0.4) is 0 Å². The van der Waals surface area contributed by atoms with Gasteiger partial charge >= 0.3 is 0 Å². The van der Waals surface area contributed by atoms with Crippen LogP contribution >= 0.6 is 0 Å². The van der Waals surface area contributed by atoms with E-state index in [4.69, 9.17) is 4.74 Å². The standard InChI is InChI=1S/C21H27N3O4S/c1-16-6-4-5-7-20(16)28-17(2)21(25)22-18-8-10-19(11-9-18)29(26,27)24-14-12-23(3)13-15-24/h4-11,17H,12-15H2,1-3H3,(H,22,25). The zero-order valence-corrected chi connectivity index (χ0v) is 17.8. The average molecular weight is 418 g/mol. The Hall–Kier alpha value is -2.42. The molecule has 1 N–H and O–H groups in total. The van der Waals surface area contributed by atoms with Gasteiger partial charge in [-0.1, -0.05) is 18.2 Å². The molecule has 1 amide bonds. The number of nitrogens with zero attached hydrogens (tertiary/aromatic N) is 2. The number of ether oxygens (including phenoxy) is 1. The first kappa shape index (κ1) is 21.3. The van der Waals surface area contributed by atoms with Crippen LogP contribution in [0.5, 0.6) is 5.75 Å². The Bertz CT molecular complexity index is 952. The van der Waals surface area contributed by atoms with Gasteiger partial charge in [0.1, 0.15) is 5.75 Å². The zero-order valence-electron chi connectivity index (χ0n) is 17.0. The summed E-state index contributed by atoms with van der Waals surface area (Å²) in [5.41, 5.74) is 1.47. The molecule has 0 spiro atoms. The van der Waals surface area contributed by atoms with Crippen LogP contribution in [0.4, 0.5) is 5.69 Å². The van der Waals surface area contributed by atoms with Crippen molar-refractivity contribution in [3.8, 4) is 5.75 Å². The first-order chi connectivity index (χ1) is 13.8. The second kappa shape index (κ2) is 8.94. The summed E-state index contributed by atoms with van der Waals surface area (Å²) in [7, 11) is -1.55. The molecule has 1 atom stereocenters. The van der Waals surface area contributed by atoms with Gasteiger partial charge in [0, 0.05) is 31.9 Å². The number of para-hydroxylation sites is 1. The number of likely N-dealkylation sites (N-methyl/N-ethyl adjacent to an activating group) is 1. The number of benzene rings is 2. The Labute approximate surface area is 172 Å². The third-order valence-corrected chi connectivity index (χ3v) is 6.90. The van der Waals surface area contributed by atoms with Crippen molar-refractivity contribution in [3.05, 3.63) is 54.1 Å². The fraction of sp³-hybridized carbons (Fsp3) is 0.381. The molecule has 1 aliphatic rings. The Balaban J connectivity index is 1.62. The van der Waals surface area contributed by atoms with Crippen LogP contribution in [0.25, 0.3) is 0 Å². The van der Waals surface area contributed by atoms with E-state index in [-0.39, 0.29) is 10.8 Å². The molecule has 1 aliphatic heterocycles. The fourth-order valence-electron chi connectivity index (χ4n) is 3.06. The van der Waals surface area contributed by atoms with Crippen LogP contribution in [-0.2, 0) is 14.8 Å². The van der Waals surface area contributed by atoms with E-state index in [9.17, 15) is 13.2 Å². The third kappa shape index (κ3) is 5.14. The maximum Gasteiger partial charge on any atom is 0.265 e. The fourth-order valence-corrected chi connectivity index (χ4v) is 4.49. The van der Waals surface area contributed by atoms with Crippen LogP contribution in [0.1, 0.15) is 12.5 Å². The minimum absolute atomic E-state index is 0.226. The van der Waals surface area contributed by atoms with E-state index in [0.717, 1.165) is 5.56 Å². The van der Waals surface area contributed by atoms with E-state index in [0.29, 0.717) is 37.6 Å². The lowest BCUT2D eigenvalue weighted by Gasteiger charge is -2.31. The second-order valence-corrected chi connectivity index (χ2v) is 9.18. The molecule has 1 fully saturated rings. The highest BCUT2D eigenvalue weighted by molar-refractivity contribution is 7.89. The highest BCUT2D eigenvalue weighted by Crippen LogP contribution is 2.21. The number of hydrogen-bond donors (Lipinski definition) is 1. The van der Waals surface area contributed by atoms with E-state index in [1.54, 1.807) is 19.1 Å². The molecule has 0 radical (unpaired) electrons. The van der Waals surface area contributed by atoms with Gasteiger partial charge in [0.15, 0.2) is 6.10 Å². The molecule has 156 valence electrons. The summed E-state index contributed by atoms with van der Waals surface area (Å²) in [6.45, 7) is 5.97. The molecule has 0 aliphatic carbocycles. The molecule has 0 bridgehead atoms. The maximum absolute atomic E-state index is 12.8. The Morgan fingerprint density at radius 2 is 1.66 bits per heavy atom. The lowest BCUT2D eigenvalue weighted by molar-refractivity contribution is -0.122. The molecular formula is C21H27N3O4S.